The number of hydrogen-bond acceptors (Lipinski definition) is 5. The van der Waals surface area contributed by atoms with Crippen LogP contribution in [-0.2, 0) is 13.0 Å². The lowest BCUT2D eigenvalue weighted by molar-refractivity contribution is 0.0643. The molecule has 204 valence electrons. The largest absolute Gasteiger partial charge is 0.497 e. The quantitative estimate of drug-likeness (QED) is 0.219. The molecule has 2 heterocycles. The molecule has 0 aliphatic carbocycles. The highest BCUT2D eigenvalue weighted by molar-refractivity contribution is 5.94. The van der Waals surface area contributed by atoms with E-state index in [2.05, 4.69) is 46.4 Å². The molecule has 0 fully saturated rings. The predicted octanol–water partition coefficient (Wildman–Crippen LogP) is 6.40. The second-order valence-corrected chi connectivity index (χ2v) is 10.6. The van der Waals surface area contributed by atoms with Gasteiger partial charge in [0, 0.05) is 23.2 Å². The van der Waals surface area contributed by atoms with Crippen LogP contribution in [0, 0.1) is 0 Å². The molecule has 40 heavy (non-hydrogen) atoms. The molecule has 0 unspecified atom stereocenters. The molecule has 7 nitrogen and oxygen atoms in total. The lowest BCUT2D eigenvalue weighted by Crippen LogP contribution is -2.42. The fraction of sp³-hybridized carbons (Fsp3) is 0.273. The standard InChI is InChI=1S/C33H35N5O2/c1-22(2)38(23(3)4)33(39)27-13-9-25(10-14-27)19-37-21-36-31-30(34-20-35-32(31)37)28-8-6-7-26(18-28)17-24-11-15-29(40-5)16-12-24/h6-16,18,20-23H,17,19H2,1-5H3. The first-order valence-electron chi connectivity index (χ1n) is 13.6. The Morgan fingerprint density at radius 2 is 1.55 bits per heavy atom. The van der Waals surface area contributed by atoms with E-state index >= 15 is 0 Å². The second kappa shape index (κ2) is 11.7. The summed E-state index contributed by atoms with van der Waals surface area (Å²) in [6, 6.07) is 24.6. The molecule has 0 spiro atoms. The molecule has 0 aliphatic heterocycles. The van der Waals surface area contributed by atoms with Crippen molar-refractivity contribution in [3.63, 3.8) is 0 Å². The summed E-state index contributed by atoms with van der Waals surface area (Å²) in [5.74, 6) is 0.904. The van der Waals surface area contributed by atoms with E-state index in [-0.39, 0.29) is 18.0 Å². The lowest BCUT2D eigenvalue weighted by Gasteiger charge is -2.30. The zero-order valence-corrected chi connectivity index (χ0v) is 23.7. The first-order valence-corrected chi connectivity index (χ1v) is 13.6. The average molecular weight is 534 g/mol. The van der Waals surface area contributed by atoms with Crippen molar-refractivity contribution in [2.45, 2.75) is 52.7 Å². The van der Waals surface area contributed by atoms with Gasteiger partial charge < -0.3 is 14.2 Å². The molecule has 0 atom stereocenters. The SMILES string of the molecule is COc1ccc(Cc2cccc(-c3ncnc4c3ncn4Cc3ccc(C(=O)N(C(C)C)C(C)C)cc3)c2)cc1. The fourth-order valence-corrected chi connectivity index (χ4v) is 5.18. The van der Waals surface area contributed by atoms with Crippen LogP contribution in [0.15, 0.2) is 85.5 Å². The van der Waals surface area contributed by atoms with Crippen molar-refractivity contribution in [1.29, 1.82) is 0 Å². The molecule has 0 saturated carbocycles. The van der Waals surface area contributed by atoms with Crippen molar-refractivity contribution in [2.75, 3.05) is 7.11 Å². The van der Waals surface area contributed by atoms with E-state index in [0.29, 0.717) is 12.1 Å². The Bertz CT molecular complexity index is 1600. The van der Waals surface area contributed by atoms with Gasteiger partial charge in [-0.15, -0.1) is 0 Å². The summed E-state index contributed by atoms with van der Waals surface area (Å²) in [6.45, 7) is 8.78. The summed E-state index contributed by atoms with van der Waals surface area (Å²) in [6.07, 6.45) is 4.22. The highest BCUT2D eigenvalue weighted by Gasteiger charge is 2.21. The number of nitrogens with zero attached hydrogens (tertiary/aromatic N) is 5. The number of imidazole rings is 1. The van der Waals surface area contributed by atoms with Crippen molar-refractivity contribution in [2.24, 2.45) is 0 Å². The smallest absolute Gasteiger partial charge is 0.254 e. The fourth-order valence-electron chi connectivity index (χ4n) is 5.18. The van der Waals surface area contributed by atoms with Gasteiger partial charge in [-0.1, -0.05) is 42.5 Å². The molecule has 1 amide bonds. The molecule has 0 bridgehead atoms. The number of fused-ring (bicyclic) bond motifs is 1. The molecular weight excluding hydrogens is 498 g/mol. The van der Waals surface area contributed by atoms with Gasteiger partial charge in [-0.25, -0.2) is 15.0 Å². The number of hydrogen-bond donors (Lipinski definition) is 0. The summed E-state index contributed by atoms with van der Waals surface area (Å²) in [5, 5.41) is 0. The maximum absolute atomic E-state index is 13.0. The molecule has 7 heteroatoms. The molecule has 0 N–H and O–H groups in total. The van der Waals surface area contributed by atoms with Crippen LogP contribution in [0.4, 0.5) is 0 Å². The summed E-state index contributed by atoms with van der Waals surface area (Å²) in [4.78, 5) is 28.8. The highest BCUT2D eigenvalue weighted by atomic mass is 16.5. The monoisotopic (exact) mass is 533 g/mol. The van der Waals surface area contributed by atoms with Crippen molar-refractivity contribution in [3.05, 3.63) is 108 Å². The Morgan fingerprint density at radius 1 is 0.850 bits per heavy atom. The second-order valence-electron chi connectivity index (χ2n) is 10.6. The zero-order valence-electron chi connectivity index (χ0n) is 23.7. The third-order valence-corrected chi connectivity index (χ3v) is 7.07. The third-order valence-electron chi connectivity index (χ3n) is 7.07. The van der Waals surface area contributed by atoms with E-state index in [4.69, 9.17) is 9.72 Å². The number of aromatic nitrogens is 4. The highest BCUT2D eigenvalue weighted by Crippen LogP contribution is 2.26. The van der Waals surface area contributed by atoms with Crippen LogP contribution in [0.25, 0.3) is 22.4 Å². The van der Waals surface area contributed by atoms with Crippen LogP contribution < -0.4 is 4.74 Å². The van der Waals surface area contributed by atoms with Crippen LogP contribution in [0.2, 0.25) is 0 Å². The number of benzene rings is 3. The normalized spacial score (nSPS) is 11.4. The van der Waals surface area contributed by atoms with Crippen LogP contribution in [0.5, 0.6) is 5.75 Å². The Labute approximate surface area is 235 Å². The molecule has 3 aromatic carbocycles. The van der Waals surface area contributed by atoms with Gasteiger partial charge in [0.1, 0.15) is 23.3 Å². The number of rotatable bonds is 9. The minimum atomic E-state index is 0.0521. The van der Waals surface area contributed by atoms with Gasteiger partial charge in [0.2, 0.25) is 0 Å². The average Bonchev–Trinajstić information content (AvgIpc) is 3.36. The van der Waals surface area contributed by atoms with Crippen molar-refractivity contribution < 1.29 is 9.53 Å². The zero-order chi connectivity index (χ0) is 28.2. The molecule has 5 rings (SSSR count). The van der Waals surface area contributed by atoms with Gasteiger partial charge >= 0.3 is 0 Å². The van der Waals surface area contributed by atoms with Gasteiger partial charge in [-0.2, -0.15) is 0 Å². The van der Waals surface area contributed by atoms with Crippen LogP contribution in [0.3, 0.4) is 0 Å². The van der Waals surface area contributed by atoms with Gasteiger partial charge in [0.25, 0.3) is 5.91 Å². The molecule has 0 radical (unpaired) electrons. The topological polar surface area (TPSA) is 73.1 Å². The van der Waals surface area contributed by atoms with Gasteiger partial charge in [-0.3, -0.25) is 4.79 Å². The minimum absolute atomic E-state index is 0.0521. The van der Waals surface area contributed by atoms with E-state index in [9.17, 15) is 4.79 Å². The minimum Gasteiger partial charge on any atom is -0.497 e. The van der Waals surface area contributed by atoms with Crippen LogP contribution in [0.1, 0.15) is 54.7 Å². The Kier molecular flexibility index (Phi) is 7.91. The van der Waals surface area contributed by atoms with Crippen LogP contribution >= 0.6 is 0 Å². The summed E-state index contributed by atoms with van der Waals surface area (Å²) in [5.41, 5.74) is 7.52. The summed E-state index contributed by atoms with van der Waals surface area (Å²) in [7, 11) is 1.68. The molecule has 0 aliphatic rings. The maximum Gasteiger partial charge on any atom is 0.254 e. The van der Waals surface area contributed by atoms with Gasteiger partial charge in [0.15, 0.2) is 5.65 Å². The third kappa shape index (κ3) is 5.73. The maximum atomic E-state index is 13.0. The Morgan fingerprint density at radius 3 is 2.23 bits per heavy atom. The summed E-state index contributed by atoms with van der Waals surface area (Å²) >= 11 is 0. The van der Waals surface area contributed by atoms with E-state index in [1.807, 2.05) is 79.9 Å². The Balaban J connectivity index is 1.36. The van der Waals surface area contributed by atoms with E-state index in [1.54, 1.807) is 13.4 Å². The van der Waals surface area contributed by atoms with Gasteiger partial charge in [0.05, 0.1) is 20.0 Å². The molecular formula is C33H35N5O2. The summed E-state index contributed by atoms with van der Waals surface area (Å²) < 4.78 is 7.30. The van der Waals surface area contributed by atoms with Crippen molar-refractivity contribution in [3.8, 4) is 17.0 Å². The predicted molar refractivity (Wildman–Crippen MR) is 159 cm³/mol. The number of ether oxygens (including phenoxy) is 1. The molecule has 2 aromatic heterocycles. The van der Waals surface area contributed by atoms with Gasteiger partial charge in [-0.05, 0) is 81.1 Å². The molecule has 0 saturated heterocycles. The molecule has 5 aromatic rings. The van der Waals surface area contributed by atoms with Crippen molar-refractivity contribution >= 4 is 17.1 Å². The van der Waals surface area contributed by atoms with Crippen molar-refractivity contribution in [1.82, 2.24) is 24.4 Å². The Hall–Kier alpha value is -4.52. The number of carbonyl (C=O) groups excluding carboxylic acids is 1. The number of carbonyl (C=O) groups is 1. The first-order chi connectivity index (χ1) is 19.3. The van der Waals surface area contributed by atoms with Crippen LogP contribution in [-0.4, -0.2) is 49.5 Å². The van der Waals surface area contributed by atoms with E-state index < -0.39 is 0 Å². The number of amides is 1. The lowest BCUT2D eigenvalue weighted by atomic mass is 10.0. The van der Waals surface area contributed by atoms with E-state index in [0.717, 1.165) is 40.2 Å². The van der Waals surface area contributed by atoms with E-state index in [1.165, 1.54) is 11.1 Å². The number of methoxy groups -OCH3 is 1. The first kappa shape index (κ1) is 27.1.